The van der Waals surface area contributed by atoms with Crippen LogP contribution in [0.3, 0.4) is 0 Å². The molecule has 2 rings (SSSR count). The first-order valence-electron chi connectivity index (χ1n) is 5.59. The Hall–Kier alpha value is -0.590. The monoisotopic (exact) mass is 243 g/mol. The van der Waals surface area contributed by atoms with E-state index >= 15 is 0 Å². The lowest BCUT2D eigenvalue weighted by Gasteiger charge is -2.14. The van der Waals surface area contributed by atoms with Crippen molar-refractivity contribution in [1.82, 2.24) is 14.8 Å². The number of rotatable bonds is 5. The molecule has 1 unspecified atom stereocenters. The van der Waals surface area contributed by atoms with Crippen molar-refractivity contribution in [3.63, 3.8) is 0 Å². The van der Waals surface area contributed by atoms with Crippen LogP contribution in [0, 0.1) is 0 Å². The highest BCUT2D eigenvalue weighted by atomic mass is 32.2. The SMILES string of the molecule is OCC(O)CSCc1nnc2n1CCCC2. The summed E-state index contributed by atoms with van der Waals surface area (Å²) in [5.41, 5.74) is 0. The number of aromatic nitrogens is 3. The molecule has 0 radical (unpaired) electrons. The second kappa shape index (κ2) is 5.65. The maximum absolute atomic E-state index is 9.21. The number of thioether (sulfide) groups is 1. The number of aryl methyl sites for hydroxylation is 1. The predicted octanol–water partition coefficient (Wildman–Crippen LogP) is 0.201. The molecule has 1 aromatic rings. The van der Waals surface area contributed by atoms with E-state index < -0.39 is 6.10 Å². The zero-order valence-corrected chi connectivity index (χ0v) is 9.99. The Morgan fingerprint density at radius 1 is 1.38 bits per heavy atom. The Labute approximate surface area is 98.9 Å². The summed E-state index contributed by atoms with van der Waals surface area (Å²) in [5.74, 6) is 3.37. The molecule has 1 aliphatic rings. The Morgan fingerprint density at radius 2 is 2.25 bits per heavy atom. The fourth-order valence-electron chi connectivity index (χ4n) is 1.81. The Balaban J connectivity index is 1.87. The number of hydrogen-bond acceptors (Lipinski definition) is 5. The molecule has 0 aromatic carbocycles. The van der Waals surface area contributed by atoms with Gasteiger partial charge in [-0.25, -0.2) is 0 Å². The molecule has 0 saturated carbocycles. The van der Waals surface area contributed by atoms with Crippen LogP contribution in [0.4, 0.5) is 0 Å². The zero-order chi connectivity index (χ0) is 11.4. The number of nitrogens with zero attached hydrogens (tertiary/aromatic N) is 3. The minimum Gasteiger partial charge on any atom is -0.394 e. The summed E-state index contributed by atoms with van der Waals surface area (Å²) in [7, 11) is 0. The normalized spacial score (nSPS) is 17.1. The number of fused-ring (bicyclic) bond motifs is 1. The van der Waals surface area contributed by atoms with Crippen molar-refractivity contribution < 1.29 is 10.2 Å². The van der Waals surface area contributed by atoms with E-state index in [0.29, 0.717) is 5.75 Å². The van der Waals surface area contributed by atoms with Crippen molar-refractivity contribution in [2.45, 2.75) is 37.7 Å². The van der Waals surface area contributed by atoms with Crippen LogP contribution in [0.1, 0.15) is 24.5 Å². The van der Waals surface area contributed by atoms with Crippen molar-refractivity contribution in [3.05, 3.63) is 11.6 Å². The van der Waals surface area contributed by atoms with E-state index in [9.17, 15) is 5.11 Å². The van der Waals surface area contributed by atoms with E-state index in [2.05, 4.69) is 14.8 Å². The molecule has 1 aromatic heterocycles. The van der Waals surface area contributed by atoms with Gasteiger partial charge >= 0.3 is 0 Å². The fourth-order valence-corrected chi connectivity index (χ4v) is 2.71. The molecule has 16 heavy (non-hydrogen) atoms. The second-order valence-corrected chi connectivity index (χ2v) is 5.02. The minimum absolute atomic E-state index is 0.176. The molecule has 0 bridgehead atoms. The molecule has 0 fully saturated rings. The van der Waals surface area contributed by atoms with E-state index in [0.717, 1.165) is 30.4 Å². The Morgan fingerprint density at radius 3 is 3.06 bits per heavy atom. The van der Waals surface area contributed by atoms with Crippen LogP contribution < -0.4 is 0 Å². The minimum atomic E-state index is -0.631. The summed E-state index contributed by atoms with van der Waals surface area (Å²) >= 11 is 1.58. The molecular weight excluding hydrogens is 226 g/mol. The van der Waals surface area contributed by atoms with Gasteiger partial charge in [-0.15, -0.1) is 10.2 Å². The predicted molar refractivity (Wildman–Crippen MR) is 62.2 cm³/mol. The Bertz CT molecular complexity index is 343. The molecular formula is C10H17N3O2S. The van der Waals surface area contributed by atoms with Crippen LogP contribution in [0.15, 0.2) is 0 Å². The quantitative estimate of drug-likeness (QED) is 0.773. The van der Waals surface area contributed by atoms with Gasteiger partial charge in [0.15, 0.2) is 0 Å². The molecule has 0 aliphatic carbocycles. The molecule has 1 atom stereocenters. The lowest BCUT2D eigenvalue weighted by molar-refractivity contribution is 0.113. The van der Waals surface area contributed by atoms with Crippen LogP contribution in [0.25, 0.3) is 0 Å². The summed E-state index contributed by atoms with van der Waals surface area (Å²) in [6.45, 7) is 0.839. The molecule has 0 saturated heterocycles. The first-order chi connectivity index (χ1) is 7.81. The largest absolute Gasteiger partial charge is 0.394 e. The third kappa shape index (κ3) is 2.75. The van der Waals surface area contributed by atoms with E-state index in [4.69, 9.17) is 5.11 Å². The van der Waals surface area contributed by atoms with E-state index in [1.807, 2.05) is 0 Å². The number of aliphatic hydroxyl groups excluding tert-OH is 2. The summed E-state index contributed by atoms with van der Waals surface area (Å²) in [6, 6.07) is 0. The van der Waals surface area contributed by atoms with Crippen LogP contribution in [-0.4, -0.2) is 43.4 Å². The third-order valence-corrected chi connectivity index (χ3v) is 3.77. The molecule has 0 amide bonds. The average molecular weight is 243 g/mol. The lowest BCUT2D eigenvalue weighted by atomic mass is 10.2. The molecule has 0 spiro atoms. The molecule has 6 heteroatoms. The number of hydrogen-bond donors (Lipinski definition) is 2. The van der Waals surface area contributed by atoms with Gasteiger partial charge in [0.25, 0.3) is 0 Å². The van der Waals surface area contributed by atoms with Crippen molar-refractivity contribution in [2.24, 2.45) is 0 Å². The Kier molecular flexibility index (Phi) is 4.20. The van der Waals surface area contributed by atoms with Gasteiger partial charge in [0, 0.05) is 18.7 Å². The van der Waals surface area contributed by atoms with Crippen molar-refractivity contribution in [2.75, 3.05) is 12.4 Å². The van der Waals surface area contributed by atoms with Crippen molar-refractivity contribution >= 4 is 11.8 Å². The topological polar surface area (TPSA) is 71.2 Å². The molecule has 1 aliphatic heterocycles. The molecule has 90 valence electrons. The highest BCUT2D eigenvalue weighted by molar-refractivity contribution is 7.98. The summed E-state index contributed by atoms with van der Waals surface area (Å²) in [5, 5.41) is 26.2. The van der Waals surface area contributed by atoms with Gasteiger partial charge < -0.3 is 14.8 Å². The second-order valence-electron chi connectivity index (χ2n) is 3.99. The van der Waals surface area contributed by atoms with E-state index in [-0.39, 0.29) is 6.61 Å². The fraction of sp³-hybridized carbons (Fsp3) is 0.800. The lowest BCUT2D eigenvalue weighted by Crippen LogP contribution is -2.16. The highest BCUT2D eigenvalue weighted by Crippen LogP contribution is 2.18. The standard InChI is InChI=1S/C10H17N3O2S/c14-5-8(15)6-16-7-10-12-11-9-3-1-2-4-13(9)10/h8,14-15H,1-7H2. The van der Waals surface area contributed by atoms with Crippen LogP contribution in [0.2, 0.25) is 0 Å². The average Bonchev–Trinajstić information content (AvgIpc) is 2.73. The highest BCUT2D eigenvalue weighted by Gasteiger charge is 2.15. The van der Waals surface area contributed by atoms with Crippen LogP contribution in [-0.2, 0) is 18.7 Å². The maximum atomic E-state index is 9.21. The third-order valence-electron chi connectivity index (χ3n) is 2.69. The van der Waals surface area contributed by atoms with E-state index in [1.54, 1.807) is 11.8 Å². The van der Waals surface area contributed by atoms with Gasteiger partial charge in [0.2, 0.25) is 0 Å². The van der Waals surface area contributed by atoms with Gasteiger partial charge in [-0.1, -0.05) is 0 Å². The smallest absolute Gasteiger partial charge is 0.143 e. The van der Waals surface area contributed by atoms with Gasteiger partial charge in [-0.3, -0.25) is 0 Å². The maximum Gasteiger partial charge on any atom is 0.143 e. The zero-order valence-electron chi connectivity index (χ0n) is 9.17. The van der Waals surface area contributed by atoms with Crippen LogP contribution in [0.5, 0.6) is 0 Å². The summed E-state index contributed by atoms with van der Waals surface area (Å²) in [6.07, 6.45) is 2.79. The van der Waals surface area contributed by atoms with Gasteiger partial charge in [0.05, 0.1) is 18.5 Å². The summed E-state index contributed by atoms with van der Waals surface area (Å²) in [4.78, 5) is 0. The first kappa shape index (κ1) is 11.9. The molecule has 2 heterocycles. The number of aliphatic hydroxyl groups is 2. The first-order valence-corrected chi connectivity index (χ1v) is 6.74. The van der Waals surface area contributed by atoms with E-state index in [1.165, 1.54) is 12.8 Å². The van der Waals surface area contributed by atoms with Gasteiger partial charge in [-0.2, -0.15) is 11.8 Å². The molecule has 5 nitrogen and oxygen atoms in total. The molecule has 2 N–H and O–H groups in total. The van der Waals surface area contributed by atoms with Gasteiger partial charge in [0.1, 0.15) is 11.6 Å². The summed E-state index contributed by atoms with van der Waals surface area (Å²) < 4.78 is 2.18. The van der Waals surface area contributed by atoms with Crippen molar-refractivity contribution in [1.29, 1.82) is 0 Å². The van der Waals surface area contributed by atoms with Crippen molar-refractivity contribution in [3.8, 4) is 0 Å². The van der Waals surface area contributed by atoms with Crippen LogP contribution >= 0.6 is 11.8 Å². The van der Waals surface area contributed by atoms with Gasteiger partial charge in [-0.05, 0) is 12.8 Å².